The van der Waals surface area contributed by atoms with Crippen molar-refractivity contribution in [3.63, 3.8) is 0 Å². The van der Waals surface area contributed by atoms with E-state index in [9.17, 15) is 0 Å². The summed E-state index contributed by atoms with van der Waals surface area (Å²) < 4.78 is 5.36. The van der Waals surface area contributed by atoms with Crippen LogP contribution >= 0.6 is 0 Å². The van der Waals surface area contributed by atoms with E-state index in [-0.39, 0.29) is 6.61 Å². The van der Waals surface area contributed by atoms with Gasteiger partial charge in [-0.25, -0.2) is 0 Å². The van der Waals surface area contributed by atoms with Crippen LogP contribution in [0.2, 0.25) is 0 Å². The zero-order valence-electron chi connectivity index (χ0n) is 11.3. The third-order valence-electron chi connectivity index (χ3n) is 2.99. The monoisotopic (exact) mass is 237 g/mol. The highest BCUT2D eigenvalue weighted by Gasteiger charge is 2.08. The standard InChI is InChI=1S/C14H23NO2/c1-5-15(6-7-16)10-13-8-11(2)14(17-4)12(3)9-13/h8-9,16H,5-7,10H2,1-4H3. The molecule has 1 aromatic carbocycles. The molecule has 17 heavy (non-hydrogen) atoms. The Labute approximate surface area is 104 Å². The third-order valence-corrected chi connectivity index (χ3v) is 2.99. The first kappa shape index (κ1) is 14.0. The molecule has 0 aromatic heterocycles. The molecule has 0 aliphatic rings. The van der Waals surface area contributed by atoms with Gasteiger partial charge in [-0.2, -0.15) is 0 Å². The Morgan fingerprint density at radius 3 is 2.24 bits per heavy atom. The molecular weight excluding hydrogens is 214 g/mol. The summed E-state index contributed by atoms with van der Waals surface area (Å²) in [6, 6.07) is 4.32. The zero-order chi connectivity index (χ0) is 12.8. The molecule has 0 atom stereocenters. The Hall–Kier alpha value is -1.06. The van der Waals surface area contributed by atoms with E-state index < -0.39 is 0 Å². The Balaban J connectivity index is 2.85. The summed E-state index contributed by atoms with van der Waals surface area (Å²) in [6.45, 7) is 9.00. The second-order valence-electron chi connectivity index (χ2n) is 4.36. The fourth-order valence-corrected chi connectivity index (χ4v) is 2.20. The predicted molar refractivity (Wildman–Crippen MR) is 70.5 cm³/mol. The number of aryl methyl sites for hydroxylation is 2. The first-order valence-electron chi connectivity index (χ1n) is 6.09. The number of aliphatic hydroxyl groups is 1. The summed E-state index contributed by atoms with van der Waals surface area (Å²) >= 11 is 0. The van der Waals surface area contributed by atoms with Gasteiger partial charge in [-0.15, -0.1) is 0 Å². The van der Waals surface area contributed by atoms with Gasteiger partial charge in [0.15, 0.2) is 0 Å². The van der Waals surface area contributed by atoms with Gasteiger partial charge >= 0.3 is 0 Å². The number of hydrogen-bond acceptors (Lipinski definition) is 3. The molecule has 0 fully saturated rings. The van der Waals surface area contributed by atoms with E-state index in [4.69, 9.17) is 9.84 Å². The molecule has 3 nitrogen and oxygen atoms in total. The summed E-state index contributed by atoms with van der Waals surface area (Å²) in [5.74, 6) is 0.971. The van der Waals surface area contributed by atoms with Gasteiger partial charge in [0.25, 0.3) is 0 Å². The largest absolute Gasteiger partial charge is 0.496 e. The van der Waals surface area contributed by atoms with Crippen LogP contribution in [0.15, 0.2) is 12.1 Å². The van der Waals surface area contributed by atoms with Crippen molar-refractivity contribution in [3.8, 4) is 5.75 Å². The molecule has 1 N–H and O–H groups in total. The van der Waals surface area contributed by atoms with Gasteiger partial charge in [0.05, 0.1) is 13.7 Å². The van der Waals surface area contributed by atoms with Crippen LogP contribution in [0.25, 0.3) is 0 Å². The number of methoxy groups -OCH3 is 1. The molecule has 0 spiro atoms. The van der Waals surface area contributed by atoms with Crippen LogP contribution in [0, 0.1) is 13.8 Å². The molecule has 0 heterocycles. The van der Waals surface area contributed by atoms with Crippen molar-refractivity contribution >= 4 is 0 Å². The van der Waals surface area contributed by atoms with E-state index in [1.54, 1.807) is 7.11 Å². The molecule has 96 valence electrons. The molecule has 0 amide bonds. The molecule has 3 heteroatoms. The number of ether oxygens (including phenoxy) is 1. The molecule has 1 rings (SSSR count). The highest BCUT2D eigenvalue weighted by Crippen LogP contribution is 2.24. The van der Waals surface area contributed by atoms with Crippen molar-refractivity contribution in [3.05, 3.63) is 28.8 Å². The van der Waals surface area contributed by atoms with Gasteiger partial charge in [-0.05, 0) is 37.1 Å². The van der Waals surface area contributed by atoms with Gasteiger partial charge in [0, 0.05) is 13.1 Å². The van der Waals surface area contributed by atoms with Gasteiger partial charge in [0.2, 0.25) is 0 Å². The van der Waals surface area contributed by atoms with Gasteiger partial charge < -0.3 is 9.84 Å². The normalized spacial score (nSPS) is 10.9. The average molecular weight is 237 g/mol. The molecule has 0 saturated carbocycles. The van der Waals surface area contributed by atoms with E-state index in [1.807, 2.05) is 0 Å². The first-order valence-corrected chi connectivity index (χ1v) is 6.09. The zero-order valence-corrected chi connectivity index (χ0v) is 11.3. The lowest BCUT2D eigenvalue weighted by molar-refractivity contribution is 0.196. The fourth-order valence-electron chi connectivity index (χ4n) is 2.20. The lowest BCUT2D eigenvalue weighted by atomic mass is 10.1. The van der Waals surface area contributed by atoms with E-state index >= 15 is 0 Å². The summed E-state index contributed by atoms with van der Waals surface area (Å²) in [5.41, 5.74) is 3.61. The minimum absolute atomic E-state index is 0.210. The molecule has 0 aliphatic heterocycles. The topological polar surface area (TPSA) is 32.7 Å². The number of aliphatic hydroxyl groups excluding tert-OH is 1. The Morgan fingerprint density at radius 2 is 1.82 bits per heavy atom. The SMILES string of the molecule is CCN(CCO)Cc1cc(C)c(OC)c(C)c1. The molecule has 0 radical (unpaired) electrons. The highest BCUT2D eigenvalue weighted by atomic mass is 16.5. The van der Waals surface area contributed by atoms with Crippen LogP contribution in [0.5, 0.6) is 5.75 Å². The van der Waals surface area contributed by atoms with Crippen molar-refractivity contribution in [1.82, 2.24) is 4.90 Å². The number of benzene rings is 1. The Kier molecular flexibility index (Phi) is 5.45. The molecule has 1 aromatic rings. The maximum Gasteiger partial charge on any atom is 0.124 e. The lowest BCUT2D eigenvalue weighted by Gasteiger charge is -2.20. The van der Waals surface area contributed by atoms with Crippen LogP contribution in [-0.2, 0) is 6.54 Å². The van der Waals surface area contributed by atoms with Gasteiger partial charge in [0.1, 0.15) is 5.75 Å². The Bertz CT molecular complexity index is 340. The summed E-state index contributed by atoms with van der Waals surface area (Å²) in [5, 5.41) is 8.98. The summed E-state index contributed by atoms with van der Waals surface area (Å²) in [6.07, 6.45) is 0. The molecule has 0 unspecified atom stereocenters. The number of hydrogen-bond donors (Lipinski definition) is 1. The van der Waals surface area contributed by atoms with Crippen molar-refractivity contribution in [2.45, 2.75) is 27.3 Å². The Morgan fingerprint density at radius 1 is 1.24 bits per heavy atom. The van der Waals surface area contributed by atoms with Crippen LogP contribution in [0.4, 0.5) is 0 Å². The summed E-state index contributed by atoms with van der Waals surface area (Å²) in [7, 11) is 1.71. The highest BCUT2D eigenvalue weighted by molar-refractivity contribution is 5.43. The number of nitrogens with zero attached hydrogens (tertiary/aromatic N) is 1. The minimum atomic E-state index is 0.210. The number of rotatable bonds is 6. The van der Waals surface area contributed by atoms with Crippen LogP contribution in [-0.4, -0.2) is 36.8 Å². The third kappa shape index (κ3) is 3.72. The average Bonchev–Trinajstić information content (AvgIpc) is 2.28. The van der Waals surface area contributed by atoms with Crippen molar-refractivity contribution in [1.29, 1.82) is 0 Å². The smallest absolute Gasteiger partial charge is 0.124 e. The maximum atomic E-state index is 8.98. The van der Waals surface area contributed by atoms with E-state index in [0.717, 1.165) is 25.4 Å². The molecule has 0 saturated heterocycles. The van der Waals surface area contributed by atoms with Gasteiger partial charge in [-0.1, -0.05) is 19.1 Å². The van der Waals surface area contributed by atoms with Crippen LogP contribution < -0.4 is 4.74 Å². The quantitative estimate of drug-likeness (QED) is 0.822. The first-order chi connectivity index (χ1) is 8.12. The second-order valence-corrected chi connectivity index (χ2v) is 4.36. The molecule has 0 bridgehead atoms. The minimum Gasteiger partial charge on any atom is -0.496 e. The fraction of sp³-hybridized carbons (Fsp3) is 0.571. The second kappa shape index (κ2) is 6.62. The predicted octanol–water partition coefficient (Wildman–Crippen LogP) is 2.13. The number of likely N-dealkylation sites (N-methyl/N-ethyl adjacent to an activating group) is 1. The van der Waals surface area contributed by atoms with E-state index in [1.165, 1.54) is 16.7 Å². The van der Waals surface area contributed by atoms with Gasteiger partial charge in [-0.3, -0.25) is 4.90 Å². The molecule has 0 aliphatic carbocycles. The van der Waals surface area contributed by atoms with E-state index in [2.05, 4.69) is 37.8 Å². The van der Waals surface area contributed by atoms with Crippen molar-refractivity contribution < 1.29 is 9.84 Å². The maximum absolute atomic E-state index is 8.98. The van der Waals surface area contributed by atoms with Crippen LogP contribution in [0.3, 0.4) is 0 Å². The lowest BCUT2D eigenvalue weighted by Crippen LogP contribution is -2.26. The summed E-state index contributed by atoms with van der Waals surface area (Å²) in [4.78, 5) is 2.22. The van der Waals surface area contributed by atoms with Crippen molar-refractivity contribution in [2.24, 2.45) is 0 Å². The van der Waals surface area contributed by atoms with Crippen LogP contribution in [0.1, 0.15) is 23.6 Å². The van der Waals surface area contributed by atoms with Crippen molar-refractivity contribution in [2.75, 3.05) is 26.8 Å². The molecular formula is C14H23NO2. The van der Waals surface area contributed by atoms with E-state index in [0.29, 0.717) is 0 Å².